The fourth-order valence-electron chi connectivity index (χ4n) is 3.48. The Hall–Kier alpha value is -2.88. The molecular weight excluding hydrogens is 401 g/mol. The summed E-state index contributed by atoms with van der Waals surface area (Å²) in [5, 5.41) is 16.1. The first-order chi connectivity index (χ1) is 13.9. The van der Waals surface area contributed by atoms with Gasteiger partial charge < -0.3 is 15.3 Å². The minimum Gasteiger partial charge on any atom is -0.480 e. The summed E-state index contributed by atoms with van der Waals surface area (Å²) in [7, 11) is 1.83. The number of carboxylic acid groups (broad SMARTS) is 1. The largest absolute Gasteiger partial charge is 0.480 e. The number of carboxylic acids is 1. The second-order valence-corrected chi connectivity index (χ2v) is 8.51. The van der Waals surface area contributed by atoms with Gasteiger partial charge in [-0.1, -0.05) is 20.8 Å². The topological polar surface area (TPSA) is 87.5 Å². The SMILES string of the molecule is CN1CCc2c(c(-c3cc(F)c(F)cc3F)nn2C(=O)NC(C(=O)O)C(C)(C)C)C1. The summed E-state index contributed by atoms with van der Waals surface area (Å²) in [5.74, 6) is -4.77. The lowest BCUT2D eigenvalue weighted by Crippen LogP contribution is -2.50. The van der Waals surface area contributed by atoms with Crippen molar-refractivity contribution in [2.24, 2.45) is 5.41 Å². The van der Waals surface area contributed by atoms with Gasteiger partial charge in [0.15, 0.2) is 11.6 Å². The van der Waals surface area contributed by atoms with Crippen LogP contribution in [0.1, 0.15) is 32.0 Å². The van der Waals surface area contributed by atoms with Crippen LogP contribution < -0.4 is 5.32 Å². The van der Waals surface area contributed by atoms with E-state index in [0.29, 0.717) is 42.9 Å². The highest BCUT2D eigenvalue weighted by Gasteiger charge is 2.35. The van der Waals surface area contributed by atoms with E-state index in [1.807, 2.05) is 11.9 Å². The van der Waals surface area contributed by atoms with Gasteiger partial charge in [-0.3, -0.25) is 0 Å². The second kappa shape index (κ2) is 7.75. The van der Waals surface area contributed by atoms with Crippen LogP contribution in [0.4, 0.5) is 18.0 Å². The van der Waals surface area contributed by atoms with E-state index in [4.69, 9.17) is 0 Å². The molecule has 0 bridgehead atoms. The number of rotatable bonds is 3. The van der Waals surface area contributed by atoms with E-state index in [2.05, 4.69) is 10.4 Å². The van der Waals surface area contributed by atoms with Crippen LogP contribution in [-0.2, 0) is 17.8 Å². The monoisotopic (exact) mass is 424 g/mol. The van der Waals surface area contributed by atoms with Gasteiger partial charge in [0.1, 0.15) is 17.6 Å². The molecular formula is C20H23F3N4O3. The maximum atomic E-state index is 14.4. The summed E-state index contributed by atoms with van der Waals surface area (Å²) in [6.07, 6.45) is 0.394. The third kappa shape index (κ3) is 4.04. The molecule has 0 spiro atoms. The predicted molar refractivity (Wildman–Crippen MR) is 102 cm³/mol. The van der Waals surface area contributed by atoms with E-state index in [0.717, 1.165) is 4.68 Å². The number of likely N-dealkylation sites (N-methyl/N-ethyl adjacent to an activating group) is 1. The number of nitrogens with one attached hydrogen (secondary N) is 1. The van der Waals surface area contributed by atoms with Crippen molar-refractivity contribution in [1.82, 2.24) is 20.0 Å². The summed E-state index contributed by atoms with van der Waals surface area (Å²) >= 11 is 0. The van der Waals surface area contributed by atoms with Gasteiger partial charge >= 0.3 is 12.0 Å². The van der Waals surface area contributed by atoms with Gasteiger partial charge in [-0.25, -0.2) is 22.8 Å². The van der Waals surface area contributed by atoms with Crippen LogP contribution in [0.15, 0.2) is 12.1 Å². The van der Waals surface area contributed by atoms with Gasteiger partial charge in [0, 0.05) is 36.7 Å². The highest BCUT2D eigenvalue weighted by atomic mass is 19.2. The van der Waals surface area contributed by atoms with Crippen molar-refractivity contribution in [2.75, 3.05) is 13.6 Å². The molecule has 1 unspecified atom stereocenters. The average Bonchev–Trinajstić information content (AvgIpc) is 2.99. The Bertz CT molecular complexity index is 1010. The fourth-order valence-corrected chi connectivity index (χ4v) is 3.48. The summed E-state index contributed by atoms with van der Waals surface area (Å²) < 4.78 is 42.6. The zero-order valence-electron chi connectivity index (χ0n) is 17.1. The Morgan fingerprint density at radius 2 is 1.80 bits per heavy atom. The molecule has 2 heterocycles. The first kappa shape index (κ1) is 21.8. The Balaban J connectivity index is 2.09. The van der Waals surface area contributed by atoms with E-state index in [9.17, 15) is 27.9 Å². The molecule has 1 aromatic heterocycles. The predicted octanol–water partition coefficient (Wildman–Crippen LogP) is 3.01. The molecule has 1 aliphatic heterocycles. The summed E-state index contributed by atoms with van der Waals surface area (Å²) in [6.45, 7) is 5.91. The van der Waals surface area contributed by atoms with Gasteiger partial charge in [-0.05, 0) is 18.5 Å². The lowest BCUT2D eigenvalue weighted by molar-refractivity contribution is -0.141. The smallest absolute Gasteiger partial charge is 0.343 e. The zero-order valence-corrected chi connectivity index (χ0v) is 17.1. The van der Waals surface area contributed by atoms with Crippen molar-refractivity contribution in [3.05, 3.63) is 40.8 Å². The molecule has 10 heteroatoms. The Labute approximate surface area is 171 Å². The zero-order chi connectivity index (χ0) is 22.4. The van der Waals surface area contributed by atoms with Gasteiger partial charge in [-0.15, -0.1) is 0 Å². The molecule has 1 aliphatic rings. The fraction of sp³-hybridized carbons (Fsp3) is 0.450. The Morgan fingerprint density at radius 1 is 1.17 bits per heavy atom. The van der Waals surface area contributed by atoms with Crippen LogP contribution >= 0.6 is 0 Å². The van der Waals surface area contributed by atoms with Gasteiger partial charge in [0.25, 0.3) is 0 Å². The molecule has 162 valence electrons. The van der Waals surface area contributed by atoms with Crippen molar-refractivity contribution in [2.45, 2.75) is 39.8 Å². The molecule has 0 radical (unpaired) electrons. The Kier molecular flexibility index (Phi) is 5.64. The first-order valence-electron chi connectivity index (χ1n) is 9.38. The minimum absolute atomic E-state index is 0.0192. The molecule has 1 atom stereocenters. The van der Waals surface area contributed by atoms with Gasteiger partial charge in [-0.2, -0.15) is 9.78 Å². The third-order valence-corrected chi connectivity index (χ3v) is 5.09. The lowest BCUT2D eigenvalue weighted by Gasteiger charge is -2.28. The number of carbonyl (C=O) groups is 2. The third-order valence-electron chi connectivity index (χ3n) is 5.09. The molecule has 0 saturated heterocycles. The number of aromatic nitrogens is 2. The highest BCUT2D eigenvalue weighted by Crippen LogP contribution is 2.32. The van der Waals surface area contributed by atoms with Crippen LogP contribution in [0.25, 0.3) is 11.3 Å². The Morgan fingerprint density at radius 3 is 2.40 bits per heavy atom. The van der Waals surface area contributed by atoms with Crippen molar-refractivity contribution in [3.63, 3.8) is 0 Å². The number of fused-ring (bicyclic) bond motifs is 1. The molecule has 3 rings (SSSR count). The van der Waals surface area contributed by atoms with Crippen molar-refractivity contribution >= 4 is 12.0 Å². The molecule has 0 saturated carbocycles. The van der Waals surface area contributed by atoms with Crippen LogP contribution in [0.2, 0.25) is 0 Å². The van der Waals surface area contributed by atoms with Crippen LogP contribution in [0.5, 0.6) is 0 Å². The standard InChI is InChI=1S/C20H23F3N4O3/c1-20(2,3)17(18(28)29)24-19(30)27-15-5-6-26(4)9-11(15)16(25-27)10-7-13(22)14(23)8-12(10)21/h7-8,17H,5-6,9H2,1-4H3,(H,24,30)(H,28,29). The van der Waals surface area contributed by atoms with E-state index in [1.54, 1.807) is 20.8 Å². The molecule has 30 heavy (non-hydrogen) atoms. The van der Waals surface area contributed by atoms with Gasteiger partial charge in [0.05, 0.1) is 5.69 Å². The van der Waals surface area contributed by atoms with E-state index in [-0.39, 0.29) is 11.3 Å². The molecule has 0 aliphatic carbocycles. The number of halogens is 3. The molecule has 1 aromatic carbocycles. The van der Waals surface area contributed by atoms with E-state index < -0.39 is 40.9 Å². The van der Waals surface area contributed by atoms with E-state index in [1.165, 1.54) is 0 Å². The number of aliphatic carboxylic acids is 1. The normalized spacial score (nSPS) is 15.6. The lowest BCUT2D eigenvalue weighted by atomic mass is 9.87. The van der Waals surface area contributed by atoms with Crippen LogP contribution in [0, 0.1) is 22.9 Å². The van der Waals surface area contributed by atoms with Crippen molar-refractivity contribution in [3.8, 4) is 11.3 Å². The van der Waals surface area contributed by atoms with E-state index >= 15 is 0 Å². The average molecular weight is 424 g/mol. The number of benzene rings is 1. The summed E-state index contributed by atoms with van der Waals surface area (Å²) in [6, 6.07) is -0.839. The first-order valence-corrected chi connectivity index (χ1v) is 9.38. The number of hydrogen-bond donors (Lipinski definition) is 2. The van der Waals surface area contributed by atoms with Crippen molar-refractivity contribution < 1.29 is 27.9 Å². The van der Waals surface area contributed by atoms with Gasteiger partial charge in [0.2, 0.25) is 0 Å². The van der Waals surface area contributed by atoms with Crippen LogP contribution in [0.3, 0.4) is 0 Å². The second-order valence-electron chi connectivity index (χ2n) is 8.51. The number of nitrogens with zero attached hydrogens (tertiary/aromatic N) is 3. The van der Waals surface area contributed by atoms with Crippen molar-refractivity contribution in [1.29, 1.82) is 0 Å². The quantitative estimate of drug-likeness (QED) is 0.740. The number of carbonyl (C=O) groups excluding carboxylic acids is 1. The minimum atomic E-state index is -1.33. The maximum Gasteiger partial charge on any atom is 0.343 e. The number of amides is 1. The van der Waals surface area contributed by atoms with Crippen LogP contribution in [-0.4, -0.2) is 51.4 Å². The molecule has 7 nitrogen and oxygen atoms in total. The molecule has 1 amide bonds. The maximum absolute atomic E-state index is 14.4. The molecule has 0 fully saturated rings. The molecule has 2 N–H and O–H groups in total. The summed E-state index contributed by atoms with van der Waals surface area (Å²) in [5.41, 5.74) is -0.0400. The number of hydrogen-bond acceptors (Lipinski definition) is 4. The molecule has 2 aromatic rings. The highest BCUT2D eigenvalue weighted by molar-refractivity contribution is 5.85. The summed E-state index contributed by atoms with van der Waals surface area (Å²) in [4.78, 5) is 26.4.